The Hall–Kier alpha value is -3.33. The van der Waals surface area contributed by atoms with Gasteiger partial charge < -0.3 is 9.64 Å². The number of rotatable bonds is 5. The molecule has 0 saturated heterocycles. The predicted molar refractivity (Wildman–Crippen MR) is 119 cm³/mol. The highest BCUT2D eigenvalue weighted by Gasteiger charge is 2.23. The number of pyridine rings is 1. The molecule has 3 heteroatoms. The summed E-state index contributed by atoms with van der Waals surface area (Å²) in [6, 6.07) is 21.2. The molecule has 1 aromatic heterocycles. The molecule has 0 N–H and O–H groups in total. The van der Waals surface area contributed by atoms with E-state index in [0.29, 0.717) is 0 Å². The van der Waals surface area contributed by atoms with Gasteiger partial charge in [0.25, 0.3) is 0 Å². The van der Waals surface area contributed by atoms with Gasteiger partial charge in [0.15, 0.2) is 6.23 Å². The number of allylic oxidation sites excluding steroid dienone is 2. The maximum atomic E-state index is 6.39. The summed E-state index contributed by atoms with van der Waals surface area (Å²) in [5, 5.41) is 0. The Labute approximate surface area is 173 Å². The summed E-state index contributed by atoms with van der Waals surface area (Å²) in [5.74, 6) is 0.854. The molecule has 1 aliphatic rings. The monoisotopic (exact) mass is 382 g/mol. The first kappa shape index (κ1) is 19.0. The van der Waals surface area contributed by atoms with Crippen LogP contribution in [0.15, 0.2) is 91.3 Å². The van der Waals surface area contributed by atoms with E-state index in [9.17, 15) is 0 Å². The van der Waals surface area contributed by atoms with Crippen LogP contribution in [-0.2, 0) is 0 Å². The second-order valence-corrected chi connectivity index (χ2v) is 7.48. The van der Waals surface area contributed by atoms with E-state index >= 15 is 0 Å². The van der Waals surface area contributed by atoms with E-state index in [1.807, 2.05) is 37.4 Å². The van der Waals surface area contributed by atoms with Crippen LogP contribution in [0.3, 0.4) is 0 Å². The van der Waals surface area contributed by atoms with Gasteiger partial charge >= 0.3 is 0 Å². The number of ether oxygens (including phenoxy) is 1. The molecule has 0 radical (unpaired) electrons. The number of nitrogens with zero attached hydrogens (tertiary/aromatic N) is 2. The molecule has 29 heavy (non-hydrogen) atoms. The SMILES string of the molecule is Cc1ccc(-c2cccc(O[C@@H]3C=CC=CN3C(C)c3ccc(C)nc3)c2)cc1. The summed E-state index contributed by atoms with van der Waals surface area (Å²) in [4.78, 5) is 6.66. The summed E-state index contributed by atoms with van der Waals surface area (Å²) >= 11 is 0. The van der Waals surface area contributed by atoms with Crippen molar-refractivity contribution >= 4 is 0 Å². The Morgan fingerprint density at radius 1 is 0.931 bits per heavy atom. The standard InChI is InChI=1S/C26H26N2O/c1-19-10-13-22(14-11-19)23-7-6-8-25(17-23)29-26-9-4-5-16-28(26)21(3)24-15-12-20(2)27-18-24/h4-18,21,26H,1-3H3/t21?,26-/m1/s1. The van der Waals surface area contributed by atoms with Crippen molar-refractivity contribution in [1.82, 2.24) is 9.88 Å². The van der Waals surface area contributed by atoms with Crippen LogP contribution >= 0.6 is 0 Å². The lowest BCUT2D eigenvalue weighted by atomic mass is 10.0. The first-order chi connectivity index (χ1) is 14.1. The molecule has 1 unspecified atom stereocenters. The molecule has 0 amide bonds. The van der Waals surface area contributed by atoms with Gasteiger partial charge in [0, 0.05) is 18.1 Å². The predicted octanol–water partition coefficient (Wildman–Crippen LogP) is 6.22. The molecular formula is C26H26N2O. The highest BCUT2D eigenvalue weighted by molar-refractivity contribution is 5.65. The van der Waals surface area contributed by atoms with Gasteiger partial charge in [0.2, 0.25) is 0 Å². The number of hydrogen-bond acceptors (Lipinski definition) is 3. The lowest BCUT2D eigenvalue weighted by Gasteiger charge is -2.35. The minimum absolute atomic E-state index is 0.148. The lowest BCUT2D eigenvalue weighted by Crippen LogP contribution is -2.37. The van der Waals surface area contributed by atoms with Crippen LogP contribution in [-0.4, -0.2) is 16.1 Å². The summed E-state index contributed by atoms with van der Waals surface area (Å²) < 4.78 is 6.39. The molecular weight excluding hydrogens is 356 g/mol. The number of hydrogen-bond donors (Lipinski definition) is 0. The molecule has 3 aromatic rings. The van der Waals surface area contributed by atoms with Crippen LogP contribution in [0.25, 0.3) is 11.1 Å². The van der Waals surface area contributed by atoms with Gasteiger partial charge in [-0.1, -0.05) is 54.1 Å². The van der Waals surface area contributed by atoms with Gasteiger partial charge in [-0.05, 0) is 67.8 Å². The van der Waals surface area contributed by atoms with Crippen molar-refractivity contribution in [2.75, 3.05) is 0 Å². The smallest absolute Gasteiger partial charge is 0.192 e. The van der Waals surface area contributed by atoms with Crippen molar-refractivity contribution in [2.45, 2.75) is 33.0 Å². The lowest BCUT2D eigenvalue weighted by molar-refractivity contribution is 0.0721. The second kappa shape index (κ2) is 8.36. The van der Waals surface area contributed by atoms with Crippen molar-refractivity contribution in [3.63, 3.8) is 0 Å². The molecule has 2 heterocycles. The van der Waals surface area contributed by atoms with E-state index in [2.05, 4.69) is 84.5 Å². The third-order valence-electron chi connectivity index (χ3n) is 5.28. The number of benzene rings is 2. The largest absolute Gasteiger partial charge is 0.467 e. The van der Waals surface area contributed by atoms with E-state index in [1.54, 1.807) is 0 Å². The maximum absolute atomic E-state index is 6.39. The minimum atomic E-state index is -0.176. The zero-order valence-electron chi connectivity index (χ0n) is 17.1. The third kappa shape index (κ3) is 4.40. The molecule has 3 nitrogen and oxygen atoms in total. The topological polar surface area (TPSA) is 25.4 Å². The van der Waals surface area contributed by atoms with Crippen LogP contribution in [0.2, 0.25) is 0 Å². The van der Waals surface area contributed by atoms with Gasteiger partial charge in [-0.15, -0.1) is 0 Å². The van der Waals surface area contributed by atoms with Crippen LogP contribution in [0, 0.1) is 13.8 Å². The average Bonchev–Trinajstić information content (AvgIpc) is 2.75. The van der Waals surface area contributed by atoms with E-state index < -0.39 is 0 Å². The molecule has 2 aromatic carbocycles. The van der Waals surface area contributed by atoms with Crippen molar-refractivity contribution in [3.8, 4) is 16.9 Å². The van der Waals surface area contributed by atoms with Gasteiger partial charge in [0.05, 0.1) is 6.04 Å². The summed E-state index contributed by atoms with van der Waals surface area (Å²) in [5.41, 5.74) is 5.79. The molecule has 0 aliphatic carbocycles. The summed E-state index contributed by atoms with van der Waals surface area (Å²) in [6.45, 7) is 6.28. The molecule has 2 atom stereocenters. The van der Waals surface area contributed by atoms with E-state index in [4.69, 9.17) is 4.74 Å². The van der Waals surface area contributed by atoms with Crippen LogP contribution in [0.1, 0.15) is 29.8 Å². The summed E-state index contributed by atoms with van der Waals surface area (Å²) in [6.07, 6.45) is 10.0. The molecule has 1 aliphatic heterocycles. The van der Waals surface area contributed by atoms with Crippen molar-refractivity contribution in [1.29, 1.82) is 0 Å². The quantitative estimate of drug-likeness (QED) is 0.524. The van der Waals surface area contributed by atoms with Crippen molar-refractivity contribution in [3.05, 3.63) is 108 Å². The maximum Gasteiger partial charge on any atom is 0.192 e. The molecule has 0 fully saturated rings. The Balaban J connectivity index is 1.55. The van der Waals surface area contributed by atoms with E-state index in [1.165, 1.54) is 11.1 Å². The molecule has 4 rings (SSSR count). The van der Waals surface area contributed by atoms with E-state index in [-0.39, 0.29) is 12.3 Å². The van der Waals surface area contributed by atoms with Crippen LogP contribution in [0.5, 0.6) is 5.75 Å². The molecule has 146 valence electrons. The van der Waals surface area contributed by atoms with Crippen LogP contribution < -0.4 is 4.74 Å². The molecule has 0 spiro atoms. The number of aromatic nitrogens is 1. The molecule has 0 bridgehead atoms. The highest BCUT2D eigenvalue weighted by atomic mass is 16.5. The van der Waals surface area contributed by atoms with Crippen molar-refractivity contribution < 1.29 is 4.74 Å². The highest BCUT2D eigenvalue weighted by Crippen LogP contribution is 2.29. The van der Waals surface area contributed by atoms with Crippen LogP contribution in [0.4, 0.5) is 0 Å². The Bertz CT molecular complexity index is 1020. The van der Waals surface area contributed by atoms with Crippen molar-refractivity contribution in [2.24, 2.45) is 0 Å². The Morgan fingerprint density at radius 3 is 2.52 bits per heavy atom. The van der Waals surface area contributed by atoms with Gasteiger partial charge in [0.1, 0.15) is 5.75 Å². The Morgan fingerprint density at radius 2 is 1.76 bits per heavy atom. The zero-order chi connectivity index (χ0) is 20.2. The first-order valence-corrected chi connectivity index (χ1v) is 9.99. The average molecular weight is 383 g/mol. The van der Waals surface area contributed by atoms with Gasteiger partial charge in [-0.25, -0.2) is 0 Å². The fourth-order valence-electron chi connectivity index (χ4n) is 3.48. The fourth-order valence-corrected chi connectivity index (χ4v) is 3.48. The van der Waals surface area contributed by atoms with E-state index in [0.717, 1.165) is 22.6 Å². The Kier molecular flexibility index (Phi) is 5.48. The first-order valence-electron chi connectivity index (χ1n) is 9.99. The molecule has 0 saturated carbocycles. The normalized spacial score (nSPS) is 16.7. The zero-order valence-corrected chi connectivity index (χ0v) is 17.1. The number of aryl methyl sites for hydroxylation is 2. The van der Waals surface area contributed by atoms with Gasteiger partial charge in [-0.2, -0.15) is 0 Å². The summed E-state index contributed by atoms with van der Waals surface area (Å²) in [7, 11) is 0. The fraction of sp³-hybridized carbons (Fsp3) is 0.192. The third-order valence-corrected chi connectivity index (χ3v) is 5.28. The second-order valence-electron chi connectivity index (χ2n) is 7.48. The van der Waals surface area contributed by atoms with Gasteiger partial charge in [-0.3, -0.25) is 4.98 Å². The minimum Gasteiger partial charge on any atom is -0.467 e.